The monoisotopic (exact) mass is 339 g/mol. The van der Waals surface area contributed by atoms with E-state index in [0.717, 1.165) is 12.0 Å². The average Bonchev–Trinajstić information content (AvgIpc) is 3.00. The molecule has 6 heteroatoms. The molecule has 2 heterocycles. The van der Waals surface area contributed by atoms with Gasteiger partial charge >= 0.3 is 0 Å². The molecular weight excluding hydrogens is 318 g/mol. The summed E-state index contributed by atoms with van der Waals surface area (Å²) in [5, 5.41) is 2.90. The lowest BCUT2D eigenvalue weighted by molar-refractivity contribution is -0.128. The minimum atomic E-state index is -0.443. The molecule has 1 fully saturated rings. The molecule has 1 aromatic heterocycles. The predicted octanol–water partition coefficient (Wildman–Crippen LogP) is 1.78. The smallest absolute Gasteiger partial charge is 0.260 e. The van der Waals surface area contributed by atoms with Gasteiger partial charge in [0.1, 0.15) is 5.56 Å². The summed E-state index contributed by atoms with van der Waals surface area (Å²) in [7, 11) is 0. The first-order chi connectivity index (χ1) is 12.0. The van der Waals surface area contributed by atoms with Gasteiger partial charge in [-0.25, -0.2) is 0 Å². The number of amides is 2. The van der Waals surface area contributed by atoms with E-state index in [9.17, 15) is 14.4 Å². The molecular formula is C19H21N3O3. The zero-order valence-electron chi connectivity index (χ0n) is 14.1. The molecule has 2 N–H and O–H groups in total. The third kappa shape index (κ3) is 3.96. The molecule has 25 heavy (non-hydrogen) atoms. The van der Waals surface area contributed by atoms with Crippen LogP contribution in [-0.4, -0.2) is 34.8 Å². The number of nitrogens with one attached hydrogen (secondary N) is 2. The number of benzene rings is 1. The van der Waals surface area contributed by atoms with Crippen LogP contribution in [0.3, 0.4) is 0 Å². The first-order valence-electron chi connectivity index (χ1n) is 8.38. The Morgan fingerprint density at radius 3 is 2.60 bits per heavy atom. The molecule has 2 amide bonds. The van der Waals surface area contributed by atoms with Gasteiger partial charge in [-0.05, 0) is 31.0 Å². The SMILES string of the molecule is Cc1ccc(C(=O)N[C@H](CN2CCCC2=O)c2ccccc2)c(=O)[nH]1. The number of rotatable bonds is 5. The highest BCUT2D eigenvalue weighted by Gasteiger charge is 2.26. The average molecular weight is 339 g/mol. The first kappa shape index (κ1) is 17.0. The summed E-state index contributed by atoms with van der Waals surface area (Å²) in [4.78, 5) is 40.9. The molecule has 0 radical (unpaired) electrons. The lowest BCUT2D eigenvalue weighted by Crippen LogP contribution is -2.40. The summed E-state index contributed by atoms with van der Waals surface area (Å²) < 4.78 is 0. The molecule has 0 spiro atoms. The number of H-pyrrole nitrogens is 1. The fourth-order valence-electron chi connectivity index (χ4n) is 3.02. The van der Waals surface area contributed by atoms with Crippen LogP contribution in [0.4, 0.5) is 0 Å². The summed E-state index contributed by atoms with van der Waals surface area (Å²) >= 11 is 0. The second-order valence-corrected chi connectivity index (χ2v) is 6.26. The minimum Gasteiger partial charge on any atom is -0.343 e. The fraction of sp³-hybridized carbons (Fsp3) is 0.316. The van der Waals surface area contributed by atoms with Crippen LogP contribution in [-0.2, 0) is 4.79 Å². The number of carbonyl (C=O) groups excluding carboxylic acids is 2. The van der Waals surface area contributed by atoms with Crippen LogP contribution < -0.4 is 10.9 Å². The fourth-order valence-corrected chi connectivity index (χ4v) is 3.02. The van der Waals surface area contributed by atoms with Gasteiger partial charge in [0.2, 0.25) is 5.91 Å². The van der Waals surface area contributed by atoms with Crippen molar-refractivity contribution in [2.24, 2.45) is 0 Å². The van der Waals surface area contributed by atoms with E-state index in [1.165, 1.54) is 6.07 Å². The maximum Gasteiger partial charge on any atom is 0.260 e. The van der Waals surface area contributed by atoms with Crippen LogP contribution in [0.5, 0.6) is 0 Å². The quantitative estimate of drug-likeness (QED) is 0.871. The van der Waals surface area contributed by atoms with Crippen molar-refractivity contribution < 1.29 is 9.59 Å². The molecule has 0 bridgehead atoms. The van der Waals surface area contributed by atoms with Gasteiger partial charge in [0, 0.05) is 25.2 Å². The van der Waals surface area contributed by atoms with Crippen molar-refractivity contribution in [3.63, 3.8) is 0 Å². The number of likely N-dealkylation sites (tertiary alicyclic amines) is 1. The Labute approximate surface area is 145 Å². The number of aromatic amines is 1. The molecule has 0 unspecified atom stereocenters. The predicted molar refractivity (Wildman–Crippen MR) is 94.3 cm³/mol. The maximum absolute atomic E-state index is 12.6. The molecule has 0 saturated carbocycles. The van der Waals surface area contributed by atoms with Crippen LogP contribution in [0.1, 0.15) is 40.5 Å². The lowest BCUT2D eigenvalue weighted by atomic mass is 10.1. The largest absolute Gasteiger partial charge is 0.343 e. The van der Waals surface area contributed by atoms with Gasteiger partial charge in [-0.1, -0.05) is 30.3 Å². The van der Waals surface area contributed by atoms with Crippen molar-refractivity contribution in [3.05, 3.63) is 69.6 Å². The molecule has 6 nitrogen and oxygen atoms in total. The molecule has 3 rings (SSSR count). The van der Waals surface area contributed by atoms with Gasteiger partial charge in [-0.3, -0.25) is 14.4 Å². The molecule has 0 aliphatic carbocycles. The van der Waals surface area contributed by atoms with Gasteiger partial charge in [-0.2, -0.15) is 0 Å². The molecule has 1 aliphatic rings. The second-order valence-electron chi connectivity index (χ2n) is 6.26. The van der Waals surface area contributed by atoms with Gasteiger partial charge in [0.25, 0.3) is 11.5 Å². The topological polar surface area (TPSA) is 82.3 Å². The first-order valence-corrected chi connectivity index (χ1v) is 8.38. The third-order valence-electron chi connectivity index (χ3n) is 4.38. The highest BCUT2D eigenvalue weighted by Crippen LogP contribution is 2.19. The Morgan fingerprint density at radius 2 is 1.96 bits per heavy atom. The molecule has 1 aromatic carbocycles. The number of aromatic nitrogens is 1. The van der Waals surface area contributed by atoms with Crippen molar-refractivity contribution in [2.45, 2.75) is 25.8 Å². The number of nitrogens with zero attached hydrogens (tertiary/aromatic N) is 1. The van der Waals surface area contributed by atoms with Gasteiger partial charge in [-0.15, -0.1) is 0 Å². The van der Waals surface area contributed by atoms with Crippen molar-refractivity contribution >= 4 is 11.8 Å². The normalized spacial score (nSPS) is 15.2. The zero-order chi connectivity index (χ0) is 17.8. The number of hydrogen-bond donors (Lipinski definition) is 2. The van der Waals surface area contributed by atoms with E-state index < -0.39 is 11.5 Å². The van der Waals surface area contributed by atoms with Crippen LogP contribution in [0, 0.1) is 6.92 Å². The van der Waals surface area contributed by atoms with E-state index in [1.807, 2.05) is 30.3 Å². The minimum absolute atomic E-state index is 0.0688. The molecule has 1 aliphatic heterocycles. The van der Waals surface area contributed by atoms with Crippen LogP contribution in [0.15, 0.2) is 47.3 Å². The van der Waals surface area contributed by atoms with Crippen molar-refractivity contribution in [2.75, 3.05) is 13.1 Å². The summed E-state index contributed by atoms with van der Waals surface area (Å²) in [6, 6.07) is 12.3. The summed E-state index contributed by atoms with van der Waals surface area (Å²) in [5.41, 5.74) is 1.25. The Morgan fingerprint density at radius 1 is 1.20 bits per heavy atom. The Hall–Kier alpha value is -2.89. The Kier molecular flexibility index (Phi) is 4.97. The highest BCUT2D eigenvalue weighted by atomic mass is 16.2. The van der Waals surface area contributed by atoms with E-state index in [-0.39, 0.29) is 17.5 Å². The van der Waals surface area contributed by atoms with E-state index in [2.05, 4.69) is 10.3 Å². The molecule has 130 valence electrons. The standard InChI is InChI=1S/C19H21N3O3/c1-13-9-10-15(18(24)20-13)19(25)21-16(14-6-3-2-4-7-14)12-22-11-5-8-17(22)23/h2-4,6-7,9-10,16H,5,8,11-12H2,1H3,(H,20,24)(H,21,25)/t16-/m1/s1. The second kappa shape index (κ2) is 7.34. The van der Waals surface area contributed by atoms with E-state index >= 15 is 0 Å². The number of aryl methyl sites for hydroxylation is 1. The van der Waals surface area contributed by atoms with Gasteiger partial charge in [0.15, 0.2) is 0 Å². The van der Waals surface area contributed by atoms with Crippen LogP contribution in [0.2, 0.25) is 0 Å². The summed E-state index contributed by atoms with van der Waals surface area (Å²) in [6.07, 6.45) is 1.39. The Bertz CT molecular complexity index is 829. The maximum atomic E-state index is 12.6. The molecule has 2 aromatic rings. The summed E-state index contributed by atoms with van der Waals surface area (Å²) in [6.45, 7) is 2.86. The third-order valence-corrected chi connectivity index (χ3v) is 4.38. The van der Waals surface area contributed by atoms with Gasteiger partial charge < -0.3 is 15.2 Å². The number of carbonyl (C=O) groups is 2. The van der Waals surface area contributed by atoms with Gasteiger partial charge in [0.05, 0.1) is 6.04 Å². The highest BCUT2D eigenvalue weighted by molar-refractivity contribution is 5.94. The number of pyridine rings is 1. The molecule has 1 saturated heterocycles. The Balaban J connectivity index is 1.83. The van der Waals surface area contributed by atoms with E-state index in [4.69, 9.17) is 0 Å². The van der Waals surface area contributed by atoms with E-state index in [0.29, 0.717) is 25.2 Å². The molecule has 1 atom stereocenters. The number of hydrogen-bond acceptors (Lipinski definition) is 3. The van der Waals surface area contributed by atoms with Crippen molar-refractivity contribution in [1.82, 2.24) is 15.2 Å². The van der Waals surface area contributed by atoms with Crippen LogP contribution >= 0.6 is 0 Å². The zero-order valence-corrected chi connectivity index (χ0v) is 14.1. The van der Waals surface area contributed by atoms with Crippen LogP contribution in [0.25, 0.3) is 0 Å². The summed E-state index contributed by atoms with van der Waals surface area (Å²) in [5.74, 6) is -0.342. The van der Waals surface area contributed by atoms with E-state index in [1.54, 1.807) is 17.9 Å². The van der Waals surface area contributed by atoms with Crippen molar-refractivity contribution in [1.29, 1.82) is 0 Å². The lowest BCUT2D eigenvalue weighted by Gasteiger charge is -2.25. The van der Waals surface area contributed by atoms with Crippen molar-refractivity contribution in [3.8, 4) is 0 Å².